The lowest BCUT2D eigenvalue weighted by Gasteiger charge is -2.07. The minimum absolute atomic E-state index is 0.248. The first-order valence-electron chi connectivity index (χ1n) is 8.15. The number of fused-ring (bicyclic) bond motifs is 2. The molecular formula is C20H16O4. The lowest BCUT2D eigenvalue weighted by molar-refractivity contribution is 0.0535. The second-order valence-electron chi connectivity index (χ2n) is 6.43. The van der Waals surface area contributed by atoms with Crippen LogP contribution < -0.4 is 4.74 Å². The van der Waals surface area contributed by atoms with Gasteiger partial charge in [0.05, 0.1) is 12.7 Å². The first-order chi connectivity index (χ1) is 11.7. The molecule has 24 heavy (non-hydrogen) atoms. The van der Waals surface area contributed by atoms with Gasteiger partial charge in [-0.1, -0.05) is 12.1 Å². The maximum Gasteiger partial charge on any atom is 0.338 e. The van der Waals surface area contributed by atoms with Crippen LogP contribution in [0, 0.1) is 0 Å². The fraction of sp³-hybridized carbons (Fsp3) is 0.250. The maximum atomic E-state index is 11.9. The van der Waals surface area contributed by atoms with Crippen LogP contribution in [0.1, 0.15) is 40.4 Å². The lowest BCUT2D eigenvalue weighted by atomic mass is 9.97. The molecule has 2 heterocycles. The third-order valence-corrected chi connectivity index (χ3v) is 4.87. The summed E-state index contributed by atoms with van der Waals surface area (Å²) in [4.78, 5) is 11.9. The Morgan fingerprint density at radius 2 is 1.96 bits per heavy atom. The molecule has 1 aromatic heterocycles. The Morgan fingerprint density at radius 3 is 2.75 bits per heavy atom. The van der Waals surface area contributed by atoms with Crippen molar-refractivity contribution in [3.63, 3.8) is 0 Å². The van der Waals surface area contributed by atoms with Gasteiger partial charge in [-0.15, -0.1) is 0 Å². The molecule has 0 amide bonds. The molecule has 0 atom stereocenters. The first kappa shape index (κ1) is 13.7. The predicted molar refractivity (Wildman–Crippen MR) is 89.3 cm³/mol. The summed E-state index contributed by atoms with van der Waals surface area (Å²) >= 11 is 0. The molecule has 1 saturated carbocycles. The van der Waals surface area contributed by atoms with Gasteiger partial charge in [0.1, 0.15) is 12.4 Å². The second-order valence-corrected chi connectivity index (χ2v) is 6.43. The Kier molecular flexibility index (Phi) is 2.77. The summed E-state index contributed by atoms with van der Waals surface area (Å²) in [5, 5.41) is 1.03. The van der Waals surface area contributed by atoms with Crippen LogP contribution in [0.5, 0.6) is 5.75 Å². The monoisotopic (exact) mass is 320 g/mol. The van der Waals surface area contributed by atoms with Gasteiger partial charge in [-0.05, 0) is 48.2 Å². The number of esters is 1. The fourth-order valence-electron chi connectivity index (χ4n) is 3.38. The Balaban J connectivity index is 1.72. The van der Waals surface area contributed by atoms with Crippen LogP contribution in [0.15, 0.2) is 40.8 Å². The molecule has 1 aliphatic heterocycles. The number of ether oxygens (including phenoxy) is 2. The van der Waals surface area contributed by atoms with Gasteiger partial charge in [0.2, 0.25) is 0 Å². The molecule has 3 aromatic rings. The summed E-state index contributed by atoms with van der Waals surface area (Å²) < 4.78 is 16.6. The van der Waals surface area contributed by atoms with Crippen LogP contribution in [-0.4, -0.2) is 13.1 Å². The number of rotatable bonds is 3. The van der Waals surface area contributed by atoms with E-state index in [4.69, 9.17) is 13.9 Å². The number of furan rings is 1. The average molecular weight is 320 g/mol. The Hall–Kier alpha value is -2.75. The summed E-state index contributed by atoms with van der Waals surface area (Å²) in [6.45, 7) is 0.365. The standard InChI is InChI=1S/C20H16O4/c1-22-17-7-6-14(16-9-18(11-2-3-11)24-19(16)17)12-4-5-13-10-23-20(21)15(13)8-12/h4-9,11H,2-3,10H2,1H3. The van der Waals surface area contributed by atoms with Gasteiger partial charge < -0.3 is 13.9 Å². The van der Waals surface area contributed by atoms with E-state index in [0.29, 0.717) is 18.1 Å². The minimum Gasteiger partial charge on any atom is -0.493 e. The molecule has 2 aromatic carbocycles. The van der Waals surface area contributed by atoms with Crippen LogP contribution >= 0.6 is 0 Å². The smallest absolute Gasteiger partial charge is 0.338 e. The van der Waals surface area contributed by atoms with E-state index in [1.165, 1.54) is 12.8 Å². The number of hydrogen-bond donors (Lipinski definition) is 0. The van der Waals surface area contributed by atoms with Crippen molar-refractivity contribution < 1.29 is 18.7 Å². The lowest BCUT2D eigenvalue weighted by Crippen LogP contribution is -1.94. The molecule has 0 N–H and O–H groups in total. The Morgan fingerprint density at radius 1 is 1.08 bits per heavy atom. The molecular weight excluding hydrogens is 304 g/mol. The third-order valence-electron chi connectivity index (χ3n) is 4.87. The summed E-state index contributed by atoms with van der Waals surface area (Å²) in [6.07, 6.45) is 2.37. The highest BCUT2D eigenvalue weighted by Crippen LogP contribution is 2.45. The van der Waals surface area contributed by atoms with E-state index in [2.05, 4.69) is 6.07 Å². The SMILES string of the molecule is COc1ccc(-c2ccc3c(c2)C(=O)OC3)c2cc(C3CC3)oc12. The van der Waals surface area contributed by atoms with Crippen molar-refractivity contribution in [2.75, 3.05) is 7.11 Å². The van der Waals surface area contributed by atoms with Gasteiger partial charge in [0.25, 0.3) is 0 Å². The van der Waals surface area contributed by atoms with E-state index in [-0.39, 0.29) is 5.97 Å². The molecule has 120 valence electrons. The molecule has 0 unspecified atom stereocenters. The number of carbonyl (C=O) groups excluding carboxylic acids is 1. The number of cyclic esters (lactones) is 1. The highest BCUT2D eigenvalue weighted by molar-refractivity contribution is 6.00. The van der Waals surface area contributed by atoms with Crippen molar-refractivity contribution in [3.8, 4) is 16.9 Å². The largest absolute Gasteiger partial charge is 0.493 e. The molecule has 2 aliphatic rings. The van der Waals surface area contributed by atoms with Crippen molar-refractivity contribution >= 4 is 16.9 Å². The van der Waals surface area contributed by atoms with E-state index in [9.17, 15) is 4.79 Å². The minimum atomic E-state index is -0.248. The van der Waals surface area contributed by atoms with Crippen molar-refractivity contribution in [2.45, 2.75) is 25.4 Å². The van der Waals surface area contributed by atoms with Crippen molar-refractivity contribution in [2.24, 2.45) is 0 Å². The molecule has 4 heteroatoms. The quantitative estimate of drug-likeness (QED) is 0.659. The van der Waals surface area contributed by atoms with Gasteiger partial charge in [-0.25, -0.2) is 4.79 Å². The van der Waals surface area contributed by atoms with Gasteiger partial charge in [0, 0.05) is 16.9 Å². The molecule has 0 radical (unpaired) electrons. The van der Waals surface area contributed by atoms with Crippen LogP contribution in [0.2, 0.25) is 0 Å². The molecule has 1 fully saturated rings. The average Bonchev–Trinajstić information content (AvgIpc) is 3.26. The van der Waals surface area contributed by atoms with E-state index in [0.717, 1.165) is 39.2 Å². The van der Waals surface area contributed by atoms with Crippen LogP contribution in [0.3, 0.4) is 0 Å². The van der Waals surface area contributed by atoms with Crippen molar-refractivity contribution in [3.05, 3.63) is 53.3 Å². The molecule has 5 rings (SSSR count). The molecule has 1 aliphatic carbocycles. The van der Waals surface area contributed by atoms with Crippen LogP contribution in [0.25, 0.3) is 22.1 Å². The fourth-order valence-corrected chi connectivity index (χ4v) is 3.38. The number of benzene rings is 2. The summed E-state index contributed by atoms with van der Waals surface area (Å²) in [6, 6.07) is 12.0. The van der Waals surface area contributed by atoms with E-state index in [1.54, 1.807) is 7.11 Å². The maximum absolute atomic E-state index is 11.9. The third kappa shape index (κ3) is 1.96. The molecule has 4 nitrogen and oxygen atoms in total. The van der Waals surface area contributed by atoms with Gasteiger partial charge >= 0.3 is 5.97 Å². The normalized spacial score (nSPS) is 16.3. The summed E-state index contributed by atoms with van der Waals surface area (Å²) in [7, 11) is 1.65. The van der Waals surface area contributed by atoms with E-state index < -0.39 is 0 Å². The van der Waals surface area contributed by atoms with Gasteiger partial charge in [-0.3, -0.25) is 0 Å². The van der Waals surface area contributed by atoms with E-state index in [1.807, 2.05) is 30.3 Å². The summed E-state index contributed by atoms with van der Waals surface area (Å²) in [5.74, 6) is 2.05. The number of carbonyl (C=O) groups is 1. The van der Waals surface area contributed by atoms with Crippen LogP contribution in [0.4, 0.5) is 0 Å². The molecule has 0 saturated heterocycles. The number of hydrogen-bond acceptors (Lipinski definition) is 4. The highest BCUT2D eigenvalue weighted by atomic mass is 16.5. The van der Waals surface area contributed by atoms with Crippen molar-refractivity contribution in [1.29, 1.82) is 0 Å². The zero-order valence-corrected chi connectivity index (χ0v) is 13.3. The second kappa shape index (κ2) is 4.87. The molecule has 0 spiro atoms. The molecule has 0 bridgehead atoms. The Bertz CT molecular complexity index is 979. The van der Waals surface area contributed by atoms with Gasteiger partial charge in [-0.2, -0.15) is 0 Å². The van der Waals surface area contributed by atoms with Crippen LogP contribution in [-0.2, 0) is 11.3 Å². The highest BCUT2D eigenvalue weighted by Gasteiger charge is 2.29. The van der Waals surface area contributed by atoms with Gasteiger partial charge in [0.15, 0.2) is 11.3 Å². The summed E-state index contributed by atoms with van der Waals surface area (Å²) in [5.41, 5.74) is 4.41. The zero-order valence-electron chi connectivity index (χ0n) is 13.3. The zero-order chi connectivity index (χ0) is 16.3. The predicted octanol–water partition coefficient (Wildman–Crippen LogP) is 4.66. The van der Waals surface area contributed by atoms with Crippen molar-refractivity contribution in [1.82, 2.24) is 0 Å². The van der Waals surface area contributed by atoms with E-state index >= 15 is 0 Å². The topological polar surface area (TPSA) is 48.7 Å². The first-order valence-corrected chi connectivity index (χ1v) is 8.15. The number of methoxy groups -OCH3 is 1. The Labute approximate surface area is 139 Å².